The minimum atomic E-state index is -1.14. The summed E-state index contributed by atoms with van der Waals surface area (Å²) in [6.07, 6.45) is 1.78. The van der Waals surface area contributed by atoms with Crippen LogP contribution in [0.1, 0.15) is 0 Å². The highest BCUT2D eigenvalue weighted by Crippen LogP contribution is 1.96. The van der Waals surface area contributed by atoms with Gasteiger partial charge in [0.2, 0.25) is 0 Å². The van der Waals surface area contributed by atoms with Crippen molar-refractivity contribution in [3.8, 4) is 0 Å². The third-order valence-electron chi connectivity index (χ3n) is 1.13. The maximum atomic E-state index is 10.9. The van der Waals surface area contributed by atoms with E-state index < -0.39 is 18.6 Å². The molecule has 0 aromatic rings. The van der Waals surface area contributed by atoms with Crippen molar-refractivity contribution < 1.29 is 19.5 Å². The van der Waals surface area contributed by atoms with Crippen molar-refractivity contribution in [1.29, 1.82) is 0 Å². The van der Waals surface area contributed by atoms with E-state index in [0.717, 1.165) is 11.5 Å². The molecule has 0 aromatic heterocycles. The van der Waals surface area contributed by atoms with Crippen molar-refractivity contribution in [2.45, 2.75) is 0 Å². The fourth-order valence-corrected chi connectivity index (χ4v) is 1.18. The van der Waals surface area contributed by atoms with Gasteiger partial charge in [-0.3, -0.25) is 4.84 Å². The number of amides is 2. The number of thioether (sulfide) groups is 1. The summed E-state index contributed by atoms with van der Waals surface area (Å²) in [5, 5.41) is 10.7. The van der Waals surface area contributed by atoms with Gasteiger partial charge in [0.1, 0.15) is 0 Å². The minimum absolute atomic E-state index is 0.487. The zero-order chi connectivity index (χ0) is 11.5. The van der Waals surface area contributed by atoms with Crippen LogP contribution in [0.2, 0.25) is 0 Å². The number of hydroxylamine groups is 1. The molecule has 0 aromatic carbocycles. The van der Waals surface area contributed by atoms with Gasteiger partial charge in [0.25, 0.3) is 0 Å². The number of rotatable bonds is 8. The quantitative estimate of drug-likeness (QED) is 0.318. The Hall–Kier alpha value is -1.21. The largest absolute Gasteiger partial charge is 0.479 e. The molecule has 0 bridgehead atoms. The molecule has 86 valence electrons. The van der Waals surface area contributed by atoms with Crippen LogP contribution in [-0.2, 0) is 9.63 Å². The Morgan fingerprint density at radius 3 is 2.87 bits per heavy atom. The molecule has 0 saturated carbocycles. The molecule has 0 aliphatic carbocycles. The number of aliphatic carboxylic acids is 1. The average molecular weight is 234 g/mol. The summed E-state index contributed by atoms with van der Waals surface area (Å²) in [4.78, 5) is 25.2. The number of carbonyl (C=O) groups is 2. The second-order valence-corrected chi connectivity index (χ2v) is 3.55. The fraction of sp³-hybridized carbons (Fsp3) is 0.500. The lowest BCUT2D eigenvalue weighted by atomic mass is 10.7. The van der Waals surface area contributed by atoms with Crippen molar-refractivity contribution in [2.24, 2.45) is 0 Å². The number of carboxylic acids is 1. The molecule has 0 fully saturated rings. The van der Waals surface area contributed by atoms with Crippen LogP contribution in [0.4, 0.5) is 4.79 Å². The number of urea groups is 1. The molecular formula is C8H14N2O4S. The second-order valence-electron chi connectivity index (χ2n) is 2.40. The van der Waals surface area contributed by atoms with E-state index >= 15 is 0 Å². The molecule has 0 spiro atoms. The van der Waals surface area contributed by atoms with E-state index in [4.69, 9.17) is 5.11 Å². The third kappa shape index (κ3) is 10.7. The molecule has 0 unspecified atom stereocenters. The molecule has 0 aliphatic heterocycles. The maximum absolute atomic E-state index is 10.9. The number of hydrogen-bond acceptors (Lipinski definition) is 4. The van der Waals surface area contributed by atoms with Crippen LogP contribution in [0.15, 0.2) is 12.7 Å². The Labute approximate surface area is 92.0 Å². The van der Waals surface area contributed by atoms with E-state index in [0.29, 0.717) is 6.54 Å². The number of hydrogen-bond donors (Lipinski definition) is 3. The molecule has 0 saturated heterocycles. The predicted octanol–water partition coefficient (Wildman–Crippen LogP) is 0.221. The molecule has 0 aliphatic rings. The highest BCUT2D eigenvalue weighted by atomic mass is 32.2. The Balaban J connectivity index is 3.25. The monoisotopic (exact) mass is 234 g/mol. The summed E-state index contributed by atoms with van der Waals surface area (Å²) < 4.78 is 0. The summed E-state index contributed by atoms with van der Waals surface area (Å²) in [5.74, 6) is 0.453. The van der Waals surface area contributed by atoms with Crippen molar-refractivity contribution in [3.05, 3.63) is 12.7 Å². The summed E-state index contributed by atoms with van der Waals surface area (Å²) in [5.41, 5.74) is 1.94. The van der Waals surface area contributed by atoms with E-state index in [9.17, 15) is 9.59 Å². The van der Waals surface area contributed by atoms with Crippen LogP contribution < -0.4 is 10.8 Å². The van der Waals surface area contributed by atoms with Crippen molar-refractivity contribution in [3.63, 3.8) is 0 Å². The molecule has 6 nitrogen and oxygen atoms in total. The normalized spacial score (nSPS) is 9.33. The first-order chi connectivity index (χ1) is 7.16. The van der Waals surface area contributed by atoms with Crippen LogP contribution in [0, 0.1) is 0 Å². The van der Waals surface area contributed by atoms with Crippen LogP contribution in [0.3, 0.4) is 0 Å². The van der Waals surface area contributed by atoms with Crippen LogP contribution >= 0.6 is 11.8 Å². The van der Waals surface area contributed by atoms with Crippen LogP contribution in [-0.4, -0.2) is 41.8 Å². The zero-order valence-electron chi connectivity index (χ0n) is 8.19. The Kier molecular flexibility index (Phi) is 8.59. The van der Waals surface area contributed by atoms with Crippen LogP contribution in [0.5, 0.6) is 0 Å². The Bertz CT molecular complexity index is 223. The van der Waals surface area contributed by atoms with Gasteiger partial charge in [0.15, 0.2) is 6.61 Å². The van der Waals surface area contributed by atoms with E-state index in [1.54, 1.807) is 17.8 Å². The Morgan fingerprint density at radius 1 is 1.53 bits per heavy atom. The molecule has 0 atom stereocenters. The topological polar surface area (TPSA) is 87.7 Å². The molecule has 0 rings (SSSR count). The third-order valence-corrected chi connectivity index (χ3v) is 2.09. The van der Waals surface area contributed by atoms with Gasteiger partial charge < -0.3 is 10.4 Å². The average Bonchev–Trinajstić information content (AvgIpc) is 2.17. The van der Waals surface area contributed by atoms with Crippen LogP contribution in [0.25, 0.3) is 0 Å². The minimum Gasteiger partial charge on any atom is -0.479 e. The lowest BCUT2D eigenvalue weighted by molar-refractivity contribution is -0.144. The lowest BCUT2D eigenvalue weighted by Gasteiger charge is -2.05. The molecule has 3 N–H and O–H groups in total. The number of carboxylic acid groups (broad SMARTS) is 1. The summed E-state index contributed by atoms with van der Waals surface area (Å²) >= 11 is 1.63. The lowest BCUT2D eigenvalue weighted by Crippen LogP contribution is -2.37. The van der Waals surface area contributed by atoms with Gasteiger partial charge in [0.05, 0.1) is 0 Å². The Morgan fingerprint density at radius 2 is 2.27 bits per heavy atom. The smallest absolute Gasteiger partial charge is 0.338 e. The van der Waals surface area contributed by atoms with Crippen molar-refractivity contribution in [2.75, 3.05) is 24.7 Å². The van der Waals surface area contributed by atoms with Gasteiger partial charge in [-0.2, -0.15) is 11.8 Å². The first kappa shape index (κ1) is 13.8. The number of nitrogens with one attached hydrogen (secondary N) is 2. The maximum Gasteiger partial charge on any atom is 0.338 e. The van der Waals surface area contributed by atoms with Crippen molar-refractivity contribution >= 4 is 23.8 Å². The van der Waals surface area contributed by atoms with Gasteiger partial charge in [-0.1, -0.05) is 6.08 Å². The van der Waals surface area contributed by atoms with E-state index in [1.165, 1.54) is 0 Å². The summed E-state index contributed by atoms with van der Waals surface area (Å²) in [6, 6.07) is -0.546. The highest BCUT2D eigenvalue weighted by Gasteiger charge is 2.01. The second kappa shape index (κ2) is 9.35. The highest BCUT2D eigenvalue weighted by molar-refractivity contribution is 7.99. The molecule has 0 heterocycles. The molecule has 15 heavy (non-hydrogen) atoms. The molecule has 7 heteroatoms. The summed E-state index contributed by atoms with van der Waals surface area (Å²) in [7, 11) is 0. The van der Waals surface area contributed by atoms with Gasteiger partial charge in [-0.25, -0.2) is 15.1 Å². The fourth-order valence-electron chi connectivity index (χ4n) is 0.603. The summed E-state index contributed by atoms with van der Waals surface area (Å²) in [6.45, 7) is 3.48. The predicted molar refractivity (Wildman–Crippen MR) is 57.6 cm³/mol. The number of carbonyl (C=O) groups excluding carboxylic acids is 1. The molecule has 2 amide bonds. The SMILES string of the molecule is C=CCSCCNC(=O)NOCC(=O)O. The molecular weight excluding hydrogens is 220 g/mol. The zero-order valence-corrected chi connectivity index (χ0v) is 9.01. The first-order valence-electron chi connectivity index (χ1n) is 4.23. The van der Waals surface area contributed by atoms with E-state index in [2.05, 4.69) is 16.7 Å². The van der Waals surface area contributed by atoms with Crippen molar-refractivity contribution in [1.82, 2.24) is 10.8 Å². The van der Waals surface area contributed by atoms with Gasteiger partial charge in [0, 0.05) is 18.1 Å². The van der Waals surface area contributed by atoms with E-state index in [1.807, 2.05) is 5.48 Å². The standard InChI is InChI=1S/C8H14N2O4S/c1-2-4-15-5-3-9-8(13)10-14-6-7(11)12/h2H,1,3-6H2,(H,11,12)(H2,9,10,13). The van der Waals surface area contributed by atoms with Gasteiger partial charge in [-0.15, -0.1) is 6.58 Å². The molecule has 0 radical (unpaired) electrons. The van der Waals surface area contributed by atoms with Gasteiger partial charge >= 0.3 is 12.0 Å². The first-order valence-corrected chi connectivity index (χ1v) is 5.38. The van der Waals surface area contributed by atoms with E-state index in [-0.39, 0.29) is 0 Å². The van der Waals surface area contributed by atoms with Gasteiger partial charge in [-0.05, 0) is 0 Å².